The lowest BCUT2D eigenvalue weighted by atomic mass is 10.2. The molecule has 0 heterocycles. The third-order valence-electron chi connectivity index (χ3n) is 2.42. The molecule has 20 heavy (non-hydrogen) atoms. The number of nitro groups is 1. The van der Waals surface area contributed by atoms with Crippen molar-refractivity contribution in [3.05, 3.63) is 37.4 Å². The van der Waals surface area contributed by atoms with Crippen molar-refractivity contribution in [3.8, 4) is 0 Å². The van der Waals surface area contributed by atoms with Crippen molar-refractivity contribution in [2.75, 3.05) is 19.6 Å². The van der Waals surface area contributed by atoms with Gasteiger partial charge >= 0.3 is 0 Å². The maximum Gasteiger partial charge on any atom is 0.270 e. The third kappa shape index (κ3) is 6.02. The molecular weight excluding hydrogens is 397 g/mol. The third-order valence-corrected chi connectivity index (χ3v) is 3.31. The summed E-state index contributed by atoms with van der Waals surface area (Å²) in [7, 11) is 0. The first-order valence-corrected chi connectivity index (χ1v) is 7.07. The van der Waals surface area contributed by atoms with Gasteiger partial charge in [-0.25, -0.2) is 0 Å². The van der Waals surface area contributed by atoms with Gasteiger partial charge in [-0.15, -0.1) is 12.4 Å². The first-order chi connectivity index (χ1) is 9.06. The predicted octanol–water partition coefficient (Wildman–Crippen LogP) is 2.35. The second kappa shape index (κ2) is 9.89. The lowest BCUT2D eigenvalue weighted by molar-refractivity contribution is -0.384. The van der Waals surface area contributed by atoms with Crippen LogP contribution in [0.15, 0.2) is 18.2 Å². The average Bonchev–Trinajstić information content (AvgIpc) is 2.38. The zero-order chi connectivity index (χ0) is 14.3. The van der Waals surface area contributed by atoms with Gasteiger partial charge < -0.3 is 10.6 Å². The summed E-state index contributed by atoms with van der Waals surface area (Å²) in [6.07, 6.45) is 1.05. The molecule has 0 radical (unpaired) electrons. The van der Waals surface area contributed by atoms with Crippen molar-refractivity contribution in [2.24, 2.45) is 0 Å². The van der Waals surface area contributed by atoms with Crippen LogP contribution in [0.4, 0.5) is 5.69 Å². The van der Waals surface area contributed by atoms with Gasteiger partial charge in [-0.3, -0.25) is 14.9 Å². The smallest absolute Gasteiger partial charge is 0.270 e. The highest BCUT2D eigenvalue weighted by molar-refractivity contribution is 14.1. The van der Waals surface area contributed by atoms with E-state index in [0.717, 1.165) is 13.0 Å². The number of hydrogen-bond donors (Lipinski definition) is 2. The van der Waals surface area contributed by atoms with E-state index in [1.807, 2.05) is 22.6 Å². The highest BCUT2D eigenvalue weighted by Crippen LogP contribution is 2.19. The van der Waals surface area contributed by atoms with Gasteiger partial charge in [0.1, 0.15) is 0 Å². The first-order valence-electron chi connectivity index (χ1n) is 5.99. The van der Waals surface area contributed by atoms with E-state index in [9.17, 15) is 14.9 Å². The number of hydrogen-bond acceptors (Lipinski definition) is 4. The summed E-state index contributed by atoms with van der Waals surface area (Å²) < 4.78 is 0.575. The molecule has 6 nitrogen and oxygen atoms in total. The van der Waals surface area contributed by atoms with E-state index < -0.39 is 4.92 Å². The van der Waals surface area contributed by atoms with Gasteiger partial charge in [0.2, 0.25) is 0 Å². The van der Waals surface area contributed by atoms with Crippen LogP contribution in [0.5, 0.6) is 0 Å². The number of benzene rings is 1. The summed E-state index contributed by atoms with van der Waals surface area (Å²) in [5, 5.41) is 16.5. The van der Waals surface area contributed by atoms with Gasteiger partial charge in [0.05, 0.1) is 10.5 Å². The molecule has 2 N–H and O–H groups in total. The summed E-state index contributed by atoms with van der Waals surface area (Å²) in [6.45, 7) is 4.24. The standard InChI is InChI=1S/C12H16IN3O3.ClH/c1-2-5-14-6-7-15-12(17)10-4-3-9(16(18)19)8-11(10)13;/h3-4,8,14H,2,5-7H2,1H3,(H,15,17);1H. The fraction of sp³-hybridized carbons (Fsp3) is 0.417. The minimum Gasteiger partial charge on any atom is -0.351 e. The van der Waals surface area contributed by atoms with Crippen LogP contribution in [0.3, 0.4) is 0 Å². The molecule has 1 amide bonds. The summed E-state index contributed by atoms with van der Waals surface area (Å²) in [4.78, 5) is 22.0. The molecule has 0 aliphatic carbocycles. The molecule has 0 bridgehead atoms. The van der Waals surface area contributed by atoms with Gasteiger partial charge in [0.15, 0.2) is 0 Å². The van der Waals surface area contributed by atoms with Crippen LogP contribution in [-0.4, -0.2) is 30.5 Å². The number of nitrogens with zero attached hydrogens (tertiary/aromatic N) is 1. The van der Waals surface area contributed by atoms with Crippen LogP contribution in [0.25, 0.3) is 0 Å². The summed E-state index contributed by atoms with van der Waals surface area (Å²) in [5.41, 5.74) is 0.451. The fourth-order valence-electron chi connectivity index (χ4n) is 1.46. The molecule has 1 aromatic rings. The summed E-state index contributed by atoms with van der Waals surface area (Å²) >= 11 is 1.93. The molecule has 1 aromatic carbocycles. The molecular formula is C12H17ClIN3O3. The highest BCUT2D eigenvalue weighted by atomic mass is 127. The number of carbonyl (C=O) groups excluding carboxylic acids is 1. The van der Waals surface area contributed by atoms with E-state index in [2.05, 4.69) is 17.6 Å². The van der Waals surface area contributed by atoms with Crippen LogP contribution in [0.2, 0.25) is 0 Å². The molecule has 0 fully saturated rings. The predicted molar refractivity (Wildman–Crippen MR) is 88.6 cm³/mol. The second-order valence-corrected chi connectivity index (χ2v) is 5.09. The van der Waals surface area contributed by atoms with Crippen LogP contribution in [0, 0.1) is 13.7 Å². The maximum absolute atomic E-state index is 11.9. The van der Waals surface area contributed by atoms with Crippen molar-refractivity contribution in [1.29, 1.82) is 0 Å². The van der Waals surface area contributed by atoms with Crippen molar-refractivity contribution in [2.45, 2.75) is 13.3 Å². The van der Waals surface area contributed by atoms with Gasteiger partial charge in [-0.05, 0) is 41.6 Å². The Morgan fingerprint density at radius 3 is 2.60 bits per heavy atom. The molecule has 8 heteroatoms. The molecule has 0 atom stereocenters. The number of non-ortho nitro benzene ring substituents is 1. The summed E-state index contributed by atoms with van der Waals surface area (Å²) in [5.74, 6) is -0.211. The Hall–Kier alpha value is -0.930. The lowest BCUT2D eigenvalue weighted by Crippen LogP contribution is -2.32. The van der Waals surface area contributed by atoms with Crippen molar-refractivity contribution in [3.63, 3.8) is 0 Å². The zero-order valence-electron chi connectivity index (χ0n) is 11.0. The van der Waals surface area contributed by atoms with E-state index in [1.165, 1.54) is 18.2 Å². The Bertz CT molecular complexity index is 471. The topological polar surface area (TPSA) is 84.3 Å². The number of amides is 1. The largest absolute Gasteiger partial charge is 0.351 e. The lowest BCUT2D eigenvalue weighted by Gasteiger charge is -2.07. The minimum atomic E-state index is -0.474. The SMILES string of the molecule is CCCNCCNC(=O)c1ccc([N+](=O)[O-])cc1I.Cl. The first kappa shape index (κ1) is 19.1. The molecule has 0 spiro atoms. The fourth-order valence-corrected chi connectivity index (χ4v) is 2.21. The minimum absolute atomic E-state index is 0. The molecule has 0 aromatic heterocycles. The van der Waals surface area contributed by atoms with E-state index >= 15 is 0 Å². The molecule has 1 rings (SSSR count). The molecule has 0 aliphatic heterocycles. The highest BCUT2D eigenvalue weighted by Gasteiger charge is 2.13. The van der Waals surface area contributed by atoms with Gasteiger partial charge in [0, 0.05) is 28.8 Å². The van der Waals surface area contributed by atoms with Crippen LogP contribution in [-0.2, 0) is 0 Å². The number of halogens is 2. The quantitative estimate of drug-likeness (QED) is 0.311. The normalized spacial score (nSPS) is 9.70. The van der Waals surface area contributed by atoms with E-state index in [-0.39, 0.29) is 24.0 Å². The second-order valence-electron chi connectivity index (χ2n) is 3.93. The van der Waals surface area contributed by atoms with Crippen molar-refractivity contribution >= 4 is 46.6 Å². The van der Waals surface area contributed by atoms with Gasteiger partial charge in [0.25, 0.3) is 11.6 Å². The number of nitrogens with one attached hydrogen (secondary N) is 2. The molecule has 0 aliphatic rings. The number of carbonyl (C=O) groups is 1. The Morgan fingerprint density at radius 2 is 2.05 bits per heavy atom. The number of nitro benzene ring substituents is 1. The van der Waals surface area contributed by atoms with Crippen LogP contribution in [0.1, 0.15) is 23.7 Å². The zero-order valence-corrected chi connectivity index (χ0v) is 14.0. The van der Waals surface area contributed by atoms with E-state index in [1.54, 1.807) is 0 Å². The molecule has 0 saturated heterocycles. The molecule has 112 valence electrons. The monoisotopic (exact) mass is 413 g/mol. The van der Waals surface area contributed by atoms with E-state index in [4.69, 9.17) is 0 Å². The average molecular weight is 414 g/mol. The Labute approximate surface area is 137 Å². The van der Waals surface area contributed by atoms with Crippen molar-refractivity contribution in [1.82, 2.24) is 10.6 Å². The maximum atomic E-state index is 11.9. The summed E-state index contributed by atoms with van der Waals surface area (Å²) in [6, 6.07) is 4.21. The van der Waals surface area contributed by atoms with Gasteiger partial charge in [-0.2, -0.15) is 0 Å². The Morgan fingerprint density at radius 1 is 1.35 bits per heavy atom. The van der Waals surface area contributed by atoms with Crippen LogP contribution < -0.4 is 10.6 Å². The van der Waals surface area contributed by atoms with Gasteiger partial charge in [-0.1, -0.05) is 6.92 Å². The van der Waals surface area contributed by atoms with Crippen LogP contribution >= 0.6 is 35.0 Å². The Kier molecular flexibility index (Phi) is 9.43. The molecule has 0 saturated carbocycles. The molecule has 0 unspecified atom stereocenters. The van der Waals surface area contributed by atoms with Crippen molar-refractivity contribution < 1.29 is 9.72 Å². The van der Waals surface area contributed by atoms with E-state index in [0.29, 0.717) is 22.2 Å². The number of rotatable bonds is 7. The Balaban J connectivity index is 0.00000361.